The molecule has 1 saturated carbocycles. The van der Waals surface area contributed by atoms with Crippen molar-refractivity contribution in [1.82, 2.24) is 9.55 Å². The Morgan fingerprint density at radius 3 is 1.90 bits per heavy atom. The molecule has 2 nitrogen and oxygen atoms in total. The zero-order valence-electron chi connectivity index (χ0n) is 19.8. The van der Waals surface area contributed by atoms with Crippen molar-refractivity contribution >= 4 is 11.0 Å². The minimum Gasteiger partial charge on any atom is -0.328 e. The van der Waals surface area contributed by atoms with Gasteiger partial charge in [-0.15, -0.1) is 0 Å². The highest BCUT2D eigenvalue weighted by atomic mass is 15.1. The molecule has 0 N–H and O–H groups in total. The molecule has 1 heterocycles. The lowest BCUT2D eigenvalue weighted by Crippen LogP contribution is -2.04. The molecule has 0 radical (unpaired) electrons. The van der Waals surface area contributed by atoms with Gasteiger partial charge in [0, 0.05) is 13.0 Å². The first-order chi connectivity index (χ1) is 14.1. The van der Waals surface area contributed by atoms with Crippen molar-refractivity contribution in [2.45, 2.75) is 87.1 Å². The fourth-order valence-corrected chi connectivity index (χ4v) is 2.96. The van der Waals surface area contributed by atoms with Crippen LogP contribution in [0.4, 0.5) is 0 Å². The summed E-state index contributed by atoms with van der Waals surface area (Å²) in [6, 6.07) is 16.9. The van der Waals surface area contributed by atoms with Crippen LogP contribution in [0.15, 0.2) is 48.5 Å². The molecular weight excluding hydrogens is 352 g/mol. The summed E-state index contributed by atoms with van der Waals surface area (Å²) in [6.07, 6.45) is 6.47. The SMILES string of the molecule is CC.CCCC.CCc1nc2ccccc2n1CC1CC1.Cc1cccc(C)c1. The number of aryl methyl sites for hydroxylation is 3. The van der Waals surface area contributed by atoms with Crippen molar-refractivity contribution in [3.05, 3.63) is 65.5 Å². The van der Waals surface area contributed by atoms with Crippen molar-refractivity contribution in [2.24, 2.45) is 5.92 Å². The van der Waals surface area contributed by atoms with E-state index in [1.807, 2.05) is 13.8 Å². The van der Waals surface area contributed by atoms with Crippen molar-refractivity contribution < 1.29 is 0 Å². The maximum Gasteiger partial charge on any atom is 0.109 e. The molecule has 0 aliphatic heterocycles. The number of hydrogen-bond donors (Lipinski definition) is 0. The predicted molar refractivity (Wildman–Crippen MR) is 130 cm³/mol. The summed E-state index contributed by atoms with van der Waals surface area (Å²) in [7, 11) is 0. The molecule has 0 saturated heterocycles. The maximum atomic E-state index is 4.67. The molecule has 2 aromatic carbocycles. The second-order valence-corrected chi connectivity index (χ2v) is 7.58. The highest BCUT2D eigenvalue weighted by Gasteiger charge is 2.23. The van der Waals surface area contributed by atoms with Gasteiger partial charge in [-0.25, -0.2) is 4.98 Å². The van der Waals surface area contributed by atoms with Crippen LogP contribution < -0.4 is 0 Å². The lowest BCUT2D eigenvalue weighted by molar-refractivity contribution is 0.614. The molecule has 29 heavy (non-hydrogen) atoms. The molecule has 3 aromatic rings. The zero-order valence-corrected chi connectivity index (χ0v) is 19.8. The van der Waals surface area contributed by atoms with E-state index in [0.29, 0.717) is 0 Å². The first-order valence-corrected chi connectivity index (χ1v) is 11.6. The minimum absolute atomic E-state index is 0.910. The summed E-state index contributed by atoms with van der Waals surface area (Å²) in [6.45, 7) is 15.9. The van der Waals surface area contributed by atoms with E-state index in [1.54, 1.807) is 0 Å². The van der Waals surface area contributed by atoms with E-state index in [2.05, 4.69) is 92.7 Å². The lowest BCUT2D eigenvalue weighted by Gasteiger charge is -2.06. The van der Waals surface area contributed by atoms with Gasteiger partial charge in [-0.3, -0.25) is 0 Å². The third-order valence-corrected chi connectivity index (χ3v) is 4.86. The molecular formula is C27H42N2. The molecule has 0 unspecified atom stereocenters. The van der Waals surface area contributed by atoms with E-state index in [9.17, 15) is 0 Å². The first-order valence-electron chi connectivity index (χ1n) is 11.6. The largest absolute Gasteiger partial charge is 0.328 e. The smallest absolute Gasteiger partial charge is 0.109 e. The van der Waals surface area contributed by atoms with Gasteiger partial charge in [-0.2, -0.15) is 0 Å². The number of unbranched alkanes of at least 4 members (excludes halogenated alkanes) is 1. The van der Waals surface area contributed by atoms with Crippen LogP contribution in [-0.2, 0) is 13.0 Å². The molecule has 0 atom stereocenters. The van der Waals surface area contributed by atoms with Crippen LogP contribution in [0.1, 0.15) is 77.3 Å². The maximum absolute atomic E-state index is 4.67. The second-order valence-electron chi connectivity index (χ2n) is 7.58. The molecule has 0 amide bonds. The summed E-state index contributed by atoms with van der Waals surface area (Å²) in [5, 5.41) is 0. The highest BCUT2D eigenvalue weighted by molar-refractivity contribution is 5.75. The van der Waals surface area contributed by atoms with Crippen LogP contribution in [0, 0.1) is 19.8 Å². The van der Waals surface area contributed by atoms with Gasteiger partial charge < -0.3 is 4.57 Å². The minimum atomic E-state index is 0.910. The standard InChI is InChI=1S/C13H16N2.C8H10.C4H10.C2H6/c1-2-13-14-11-5-3-4-6-12(11)15(13)9-10-7-8-10;1-7-4-3-5-8(2)6-7;1-3-4-2;1-2/h3-6,10H,2,7-9H2,1H3;3-6H,1-2H3;3-4H2,1-2H3;1-2H3. The third kappa shape index (κ3) is 8.85. The van der Waals surface area contributed by atoms with Gasteiger partial charge in [0.15, 0.2) is 0 Å². The molecule has 1 aliphatic carbocycles. The number of para-hydroxylation sites is 2. The Labute approximate surface area is 179 Å². The van der Waals surface area contributed by atoms with Crippen LogP contribution in [-0.4, -0.2) is 9.55 Å². The van der Waals surface area contributed by atoms with Crippen LogP contribution in [0.25, 0.3) is 11.0 Å². The van der Waals surface area contributed by atoms with E-state index in [0.717, 1.165) is 17.9 Å². The summed E-state index contributed by atoms with van der Waals surface area (Å²) >= 11 is 0. The predicted octanol–water partition coefficient (Wildman–Crippen LogP) is 8.14. The molecule has 0 spiro atoms. The van der Waals surface area contributed by atoms with E-state index < -0.39 is 0 Å². The number of rotatable bonds is 4. The number of imidazole rings is 1. The van der Waals surface area contributed by atoms with Gasteiger partial charge in [-0.1, -0.05) is 95.0 Å². The molecule has 1 aliphatic rings. The van der Waals surface area contributed by atoms with Crippen molar-refractivity contribution in [3.8, 4) is 0 Å². The number of fused-ring (bicyclic) bond motifs is 1. The Hall–Kier alpha value is -2.09. The second kappa shape index (κ2) is 14.0. The Morgan fingerprint density at radius 2 is 1.45 bits per heavy atom. The van der Waals surface area contributed by atoms with Crippen molar-refractivity contribution in [1.29, 1.82) is 0 Å². The van der Waals surface area contributed by atoms with Crippen LogP contribution in [0.3, 0.4) is 0 Å². The summed E-state index contributed by atoms with van der Waals surface area (Å²) in [5.74, 6) is 2.15. The van der Waals surface area contributed by atoms with Gasteiger partial charge in [0.1, 0.15) is 5.82 Å². The Balaban J connectivity index is 0.000000254. The van der Waals surface area contributed by atoms with Crippen molar-refractivity contribution in [3.63, 3.8) is 0 Å². The Morgan fingerprint density at radius 1 is 0.862 bits per heavy atom. The molecule has 1 fully saturated rings. The average molecular weight is 395 g/mol. The molecule has 4 rings (SSSR count). The van der Waals surface area contributed by atoms with Crippen molar-refractivity contribution in [2.75, 3.05) is 0 Å². The third-order valence-electron chi connectivity index (χ3n) is 4.86. The summed E-state index contributed by atoms with van der Waals surface area (Å²) < 4.78 is 2.41. The molecule has 1 aromatic heterocycles. The number of aromatic nitrogens is 2. The van der Waals surface area contributed by atoms with E-state index in [-0.39, 0.29) is 0 Å². The van der Waals surface area contributed by atoms with Gasteiger partial charge in [-0.05, 0) is 44.7 Å². The monoisotopic (exact) mass is 394 g/mol. The zero-order chi connectivity index (χ0) is 21.6. The average Bonchev–Trinajstić information content (AvgIpc) is 3.50. The molecule has 0 bridgehead atoms. The van der Waals surface area contributed by atoms with E-state index in [4.69, 9.17) is 0 Å². The molecule has 2 heteroatoms. The Bertz CT molecular complexity index is 793. The molecule has 160 valence electrons. The Kier molecular flexibility index (Phi) is 12.0. The number of benzene rings is 2. The number of nitrogens with zero attached hydrogens (tertiary/aromatic N) is 2. The van der Waals surface area contributed by atoms with Crippen LogP contribution >= 0.6 is 0 Å². The van der Waals surface area contributed by atoms with E-state index in [1.165, 1.54) is 54.7 Å². The van der Waals surface area contributed by atoms with Gasteiger partial charge in [0.05, 0.1) is 11.0 Å². The summed E-state index contributed by atoms with van der Waals surface area (Å²) in [5.41, 5.74) is 5.13. The number of hydrogen-bond acceptors (Lipinski definition) is 1. The summed E-state index contributed by atoms with van der Waals surface area (Å²) in [4.78, 5) is 4.67. The fourth-order valence-electron chi connectivity index (χ4n) is 2.96. The lowest BCUT2D eigenvalue weighted by atomic mass is 10.2. The highest BCUT2D eigenvalue weighted by Crippen LogP contribution is 2.32. The fraction of sp³-hybridized carbons (Fsp3) is 0.519. The normalized spacial score (nSPS) is 12.1. The van der Waals surface area contributed by atoms with Gasteiger partial charge >= 0.3 is 0 Å². The van der Waals surface area contributed by atoms with Crippen LogP contribution in [0.2, 0.25) is 0 Å². The van der Waals surface area contributed by atoms with Crippen LogP contribution in [0.5, 0.6) is 0 Å². The quantitative estimate of drug-likeness (QED) is 0.436. The topological polar surface area (TPSA) is 17.8 Å². The van der Waals surface area contributed by atoms with E-state index >= 15 is 0 Å². The van der Waals surface area contributed by atoms with Gasteiger partial charge in [0.2, 0.25) is 0 Å². The first kappa shape index (κ1) is 24.9. The van der Waals surface area contributed by atoms with Gasteiger partial charge in [0.25, 0.3) is 0 Å².